The lowest BCUT2D eigenvalue weighted by Gasteiger charge is -2.35. The molecule has 33 heavy (non-hydrogen) atoms. The van der Waals surface area contributed by atoms with Gasteiger partial charge in [0, 0.05) is 5.92 Å². The highest BCUT2D eigenvalue weighted by Crippen LogP contribution is 2.55. The van der Waals surface area contributed by atoms with Crippen molar-refractivity contribution in [2.45, 2.75) is 31.8 Å². The van der Waals surface area contributed by atoms with Gasteiger partial charge in [-0.2, -0.15) is 0 Å². The van der Waals surface area contributed by atoms with Gasteiger partial charge < -0.3 is 18.9 Å². The summed E-state index contributed by atoms with van der Waals surface area (Å²) in [6.45, 7) is 3.44. The molecule has 8 heteroatoms. The van der Waals surface area contributed by atoms with Crippen molar-refractivity contribution >= 4 is 17.9 Å². The second kappa shape index (κ2) is 10.5. The van der Waals surface area contributed by atoms with Gasteiger partial charge in [-0.25, -0.2) is 0 Å². The first-order valence-electron chi connectivity index (χ1n) is 10.8. The number of rotatable bonds is 8. The summed E-state index contributed by atoms with van der Waals surface area (Å²) in [6.07, 6.45) is 0. The number of hydrogen-bond acceptors (Lipinski definition) is 8. The molecule has 0 aliphatic carbocycles. The van der Waals surface area contributed by atoms with Crippen LogP contribution in [0.25, 0.3) is 0 Å². The fourth-order valence-electron chi connectivity index (χ4n) is 4.53. The monoisotopic (exact) mass is 455 g/mol. The van der Waals surface area contributed by atoms with E-state index in [1.54, 1.807) is 69.5 Å². The largest absolute Gasteiger partial charge is 0.497 e. The van der Waals surface area contributed by atoms with Crippen molar-refractivity contribution in [1.82, 2.24) is 5.32 Å². The summed E-state index contributed by atoms with van der Waals surface area (Å²) in [6, 6.07) is 13.9. The summed E-state index contributed by atoms with van der Waals surface area (Å²) in [5.41, 5.74) is -0.664. The van der Waals surface area contributed by atoms with E-state index < -0.39 is 41.3 Å². The lowest BCUT2D eigenvalue weighted by atomic mass is 9.66. The molecule has 3 rings (SSSR count). The summed E-state index contributed by atoms with van der Waals surface area (Å²) in [7, 11) is 2.81. The third-order valence-electron chi connectivity index (χ3n) is 5.91. The summed E-state index contributed by atoms with van der Waals surface area (Å²) in [5.74, 6) is -2.46. The van der Waals surface area contributed by atoms with Gasteiger partial charge in [-0.15, -0.1) is 0 Å². The fraction of sp³-hybridized carbons (Fsp3) is 0.400. The molecule has 3 atom stereocenters. The maximum Gasteiger partial charge on any atom is 0.326 e. The van der Waals surface area contributed by atoms with Gasteiger partial charge in [0.2, 0.25) is 0 Å². The number of carbonyl (C=O) groups is 3. The van der Waals surface area contributed by atoms with Crippen LogP contribution in [0.15, 0.2) is 54.6 Å². The molecule has 2 aromatic carbocycles. The van der Waals surface area contributed by atoms with Gasteiger partial charge in [-0.3, -0.25) is 19.7 Å². The Kier molecular flexibility index (Phi) is 7.71. The Balaban J connectivity index is 2.32. The average molecular weight is 456 g/mol. The zero-order chi connectivity index (χ0) is 24.0. The van der Waals surface area contributed by atoms with E-state index in [-0.39, 0.29) is 13.2 Å². The molecule has 2 aromatic rings. The van der Waals surface area contributed by atoms with Gasteiger partial charge in [0.25, 0.3) is 0 Å². The van der Waals surface area contributed by atoms with E-state index in [4.69, 9.17) is 18.9 Å². The second-order valence-electron chi connectivity index (χ2n) is 7.57. The van der Waals surface area contributed by atoms with Gasteiger partial charge >= 0.3 is 17.9 Å². The number of nitrogens with one attached hydrogen (secondary N) is 1. The highest BCUT2D eigenvalue weighted by Gasteiger charge is 2.69. The van der Waals surface area contributed by atoms with Crippen LogP contribution in [0.4, 0.5) is 0 Å². The van der Waals surface area contributed by atoms with Crippen LogP contribution in [0, 0.1) is 5.41 Å². The highest BCUT2D eigenvalue weighted by molar-refractivity contribution is 6.04. The van der Waals surface area contributed by atoms with Crippen molar-refractivity contribution in [1.29, 1.82) is 0 Å². The molecule has 1 heterocycles. The molecule has 0 unspecified atom stereocenters. The van der Waals surface area contributed by atoms with Crippen molar-refractivity contribution in [3.63, 3.8) is 0 Å². The molecule has 176 valence electrons. The van der Waals surface area contributed by atoms with Crippen molar-refractivity contribution < 1.29 is 33.3 Å². The van der Waals surface area contributed by atoms with E-state index in [1.165, 1.54) is 7.11 Å². The number of ether oxygens (including phenoxy) is 4. The van der Waals surface area contributed by atoms with Crippen LogP contribution in [0.2, 0.25) is 0 Å². The lowest BCUT2D eigenvalue weighted by molar-refractivity contribution is -0.174. The van der Waals surface area contributed by atoms with Crippen LogP contribution in [-0.2, 0) is 28.6 Å². The number of hydrogen-bond donors (Lipinski definition) is 1. The molecule has 1 aliphatic rings. The van der Waals surface area contributed by atoms with Gasteiger partial charge in [0.1, 0.15) is 11.8 Å². The van der Waals surface area contributed by atoms with Gasteiger partial charge in [0.05, 0.1) is 33.5 Å². The molecule has 0 amide bonds. The zero-order valence-corrected chi connectivity index (χ0v) is 19.2. The molecular formula is C25H29NO7. The fourth-order valence-corrected chi connectivity index (χ4v) is 4.53. The molecule has 8 nitrogen and oxygen atoms in total. The lowest BCUT2D eigenvalue weighted by Crippen LogP contribution is -2.49. The van der Waals surface area contributed by atoms with Crippen LogP contribution < -0.4 is 10.1 Å². The Bertz CT molecular complexity index is 956. The second-order valence-corrected chi connectivity index (χ2v) is 7.57. The summed E-state index contributed by atoms with van der Waals surface area (Å²) >= 11 is 0. The number of methoxy groups -OCH3 is 2. The molecule has 0 bridgehead atoms. The van der Waals surface area contributed by atoms with Gasteiger partial charge in [-0.05, 0) is 37.1 Å². The standard InChI is InChI=1S/C25H29NO7/c1-5-32-23(28)25(24(29)33-6-2)19(16-10-8-7-9-11-16)20(22(27)31-4)26-21(25)17-12-14-18(30-3)15-13-17/h7-15,19-21,26H,5-6H2,1-4H3/t19-,20+,21+/m1/s1. The maximum atomic E-state index is 13.7. The van der Waals surface area contributed by atoms with E-state index >= 15 is 0 Å². The minimum absolute atomic E-state index is 0.0553. The minimum Gasteiger partial charge on any atom is -0.497 e. The zero-order valence-electron chi connectivity index (χ0n) is 19.2. The summed E-state index contributed by atoms with van der Waals surface area (Å²) in [4.78, 5) is 40.3. The van der Waals surface area contributed by atoms with E-state index in [9.17, 15) is 14.4 Å². The number of esters is 3. The van der Waals surface area contributed by atoms with Crippen LogP contribution >= 0.6 is 0 Å². The summed E-state index contributed by atoms with van der Waals surface area (Å²) < 4.78 is 21.2. The van der Waals surface area contributed by atoms with Crippen LogP contribution in [-0.4, -0.2) is 51.4 Å². The molecule has 1 N–H and O–H groups in total. The molecule has 1 aliphatic heterocycles. The SMILES string of the molecule is CCOC(=O)C1(C(=O)OCC)[C@H](c2ccccc2)[C@@H](C(=O)OC)N[C@H]1c1ccc(OC)cc1. The van der Waals surface area contributed by atoms with Crippen molar-refractivity contribution in [2.75, 3.05) is 27.4 Å². The van der Waals surface area contributed by atoms with E-state index in [1.807, 2.05) is 6.07 Å². The Morgan fingerprint density at radius 1 is 0.848 bits per heavy atom. The van der Waals surface area contributed by atoms with E-state index in [2.05, 4.69) is 5.32 Å². The molecular weight excluding hydrogens is 426 g/mol. The smallest absolute Gasteiger partial charge is 0.326 e. The normalized spacial score (nSPS) is 21.2. The van der Waals surface area contributed by atoms with Gasteiger partial charge in [-0.1, -0.05) is 42.5 Å². The van der Waals surface area contributed by atoms with Crippen molar-refractivity contribution in [3.8, 4) is 5.75 Å². The first-order chi connectivity index (χ1) is 15.9. The van der Waals surface area contributed by atoms with Crippen molar-refractivity contribution in [3.05, 3.63) is 65.7 Å². The Hall–Kier alpha value is -3.39. The first kappa shape index (κ1) is 24.3. The molecule has 0 spiro atoms. The topological polar surface area (TPSA) is 100 Å². The third kappa shape index (κ3) is 4.30. The maximum absolute atomic E-state index is 13.7. The van der Waals surface area contributed by atoms with Crippen LogP contribution in [0.3, 0.4) is 0 Å². The van der Waals surface area contributed by atoms with Crippen LogP contribution in [0.5, 0.6) is 5.75 Å². The predicted molar refractivity (Wildman–Crippen MR) is 120 cm³/mol. The average Bonchev–Trinajstić information content (AvgIpc) is 3.21. The molecule has 0 radical (unpaired) electrons. The molecule has 1 fully saturated rings. The number of benzene rings is 2. The Morgan fingerprint density at radius 2 is 1.42 bits per heavy atom. The predicted octanol–water partition coefficient (Wildman–Crippen LogP) is 2.78. The number of carbonyl (C=O) groups excluding carboxylic acids is 3. The first-order valence-corrected chi connectivity index (χ1v) is 10.8. The summed E-state index contributed by atoms with van der Waals surface area (Å²) in [5, 5.41) is 3.20. The Labute approximate surface area is 193 Å². The van der Waals surface area contributed by atoms with Crippen molar-refractivity contribution in [2.24, 2.45) is 5.41 Å². The Morgan fingerprint density at radius 3 is 1.91 bits per heavy atom. The third-order valence-corrected chi connectivity index (χ3v) is 5.91. The highest BCUT2D eigenvalue weighted by atomic mass is 16.6. The minimum atomic E-state index is -1.87. The quantitative estimate of drug-likeness (QED) is 0.369. The molecule has 1 saturated heterocycles. The van der Waals surface area contributed by atoms with Gasteiger partial charge in [0.15, 0.2) is 5.41 Å². The van der Waals surface area contributed by atoms with E-state index in [0.717, 1.165) is 0 Å². The van der Waals surface area contributed by atoms with E-state index in [0.29, 0.717) is 16.9 Å². The molecule has 0 saturated carbocycles. The molecule has 0 aromatic heterocycles. The van der Waals surface area contributed by atoms with Crippen LogP contribution in [0.1, 0.15) is 36.9 Å².